The molecule has 2 aromatic heterocycles. The summed E-state index contributed by atoms with van der Waals surface area (Å²) in [4.78, 5) is 9.89. The van der Waals surface area contributed by atoms with Crippen molar-refractivity contribution < 1.29 is 22.1 Å². The van der Waals surface area contributed by atoms with Crippen LogP contribution in [0.5, 0.6) is 0 Å². The summed E-state index contributed by atoms with van der Waals surface area (Å²) in [7, 11) is 0. The molecule has 0 radical (unpaired) electrons. The van der Waals surface area contributed by atoms with Crippen LogP contribution in [-0.2, 0) is 6.18 Å². The molecule has 0 saturated carbocycles. The second-order valence-corrected chi connectivity index (χ2v) is 6.62. The van der Waals surface area contributed by atoms with E-state index in [1.807, 2.05) is 0 Å². The molecule has 3 heterocycles. The highest BCUT2D eigenvalue weighted by molar-refractivity contribution is 5.54. The maximum absolute atomic E-state index is 13.4. The van der Waals surface area contributed by atoms with E-state index in [2.05, 4.69) is 15.1 Å². The van der Waals surface area contributed by atoms with E-state index in [-0.39, 0.29) is 24.1 Å². The number of halogens is 4. The first-order chi connectivity index (χ1) is 13.4. The van der Waals surface area contributed by atoms with Crippen LogP contribution in [-0.4, -0.2) is 28.2 Å². The van der Waals surface area contributed by atoms with Gasteiger partial charge in [0.25, 0.3) is 0 Å². The fourth-order valence-electron chi connectivity index (χ4n) is 3.39. The molecule has 9 heteroatoms. The Balaban J connectivity index is 1.57. The van der Waals surface area contributed by atoms with Crippen LogP contribution < -0.4 is 4.90 Å². The third kappa shape index (κ3) is 3.69. The van der Waals surface area contributed by atoms with Crippen LogP contribution in [0.2, 0.25) is 0 Å². The Bertz CT molecular complexity index is 972. The zero-order valence-electron chi connectivity index (χ0n) is 14.7. The van der Waals surface area contributed by atoms with Crippen molar-refractivity contribution in [1.82, 2.24) is 15.1 Å². The SMILES string of the molecule is Fc1cccc(-c2noc(C3CCCN(c4ncccc4C(F)(F)F)C3)n2)c1. The summed E-state index contributed by atoms with van der Waals surface area (Å²) >= 11 is 0. The zero-order chi connectivity index (χ0) is 19.7. The van der Waals surface area contributed by atoms with Crippen LogP contribution in [0, 0.1) is 5.82 Å². The molecule has 1 saturated heterocycles. The molecule has 1 unspecified atom stereocenters. The summed E-state index contributed by atoms with van der Waals surface area (Å²) in [5, 5.41) is 3.89. The highest BCUT2D eigenvalue weighted by atomic mass is 19.4. The minimum Gasteiger partial charge on any atom is -0.355 e. The summed E-state index contributed by atoms with van der Waals surface area (Å²) in [5.74, 6) is -0.160. The van der Waals surface area contributed by atoms with E-state index in [4.69, 9.17) is 4.52 Å². The van der Waals surface area contributed by atoms with E-state index in [1.165, 1.54) is 24.4 Å². The quantitative estimate of drug-likeness (QED) is 0.606. The average molecular weight is 392 g/mol. The lowest BCUT2D eigenvalue weighted by molar-refractivity contribution is -0.137. The number of rotatable bonds is 3. The first-order valence-electron chi connectivity index (χ1n) is 8.78. The number of pyridine rings is 1. The van der Waals surface area contributed by atoms with Crippen molar-refractivity contribution in [2.75, 3.05) is 18.0 Å². The summed E-state index contributed by atoms with van der Waals surface area (Å²) in [6.45, 7) is 0.742. The minimum atomic E-state index is -4.48. The van der Waals surface area contributed by atoms with Crippen molar-refractivity contribution in [2.24, 2.45) is 0 Å². The Morgan fingerprint density at radius 2 is 2.00 bits per heavy atom. The van der Waals surface area contributed by atoms with Crippen molar-refractivity contribution >= 4 is 5.82 Å². The number of benzene rings is 1. The molecule has 1 aromatic carbocycles. The van der Waals surface area contributed by atoms with Crippen LogP contribution in [0.4, 0.5) is 23.4 Å². The maximum atomic E-state index is 13.4. The Kier molecular flexibility index (Phi) is 4.74. The van der Waals surface area contributed by atoms with Crippen LogP contribution >= 0.6 is 0 Å². The van der Waals surface area contributed by atoms with E-state index < -0.39 is 17.6 Å². The van der Waals surface area contributed by atoms with Crippen molar-refractivity contribution in [3.63, 3.8) is 0 Å². The molecule has 0 spiro atoms. The van der Waals surface area contributed by atoms with E-state index in [0.717, 1.165) is 6.07 Å². The number of hydrogen-bond acceptors (Lipinski definition) is 5. The third-order valence-electron chi connectivity index (χ3n) is 4.69. The normalized spacial score (nSPS) is 17.7. The van der Waals surface area contributed by atoms with Gasteiger partial charge in [0.05, 0.1) is 11.5 Å². The third-order valence-corrected chi connectivity index (χ3v) is 4.69. The molecule has 1 atom stereocenters. The first kappa shape index (κ1) is 18.4. The standard InChI is InChI=1S/C19H16F4N4O/c20-14-6-1-4-12(10-14)16-25-18(28-26-16)13-5-3-9-27(11-13)17-15(19(21,22)23)7-2-8-24-17/h1-2,4,6-8,10,13H,3,5,9,11H2. The van der Waals surface area contributed by atoms with Gasteiger partial charge in [0, 0.05) is 24.8 Å². The maximum Gasteiger partial charge on any atom is 0.419 e. The monoisotopic (exact) mass is 392 g/mol. The predicted octanol–water partition coefficient (Wildman–Crippen LogP) is 4.67. The van der Waals surface area contributed by atoms with E-state index in [0.29, 0.717) is 30.8 Å². The van der Waals surface area contributed by atoms with Crippen molar-refractivity contribution in [2.45, 2.75) is 24.9 Å². The fourth-order valence-corrected chi connectivity index (χ4v) is 3.39. The summed E-state index contributed by atoms with van der Waals surface area (Å²) in [6, 6.07) is 8.12. The summed E-state index contributed by atoms with van der Waals surface area (Å²) in [6.07, 6.45) is -1.76. The number of nitrogens with zero attached hydrogens (tertiary/aromatic N) is 4. The highest BCUT2D eigenvalue weighted by Gasteiger charge is 2.37. The molecule has 146 valence electrons. The van der Waals surface area contributed by atoms with Gasteiger partial charge in [-0.25, -0.2) is 9.37 Å². The van der Waals surface area contributed by atoms with Gasteiger partial charge in [-0.3, -0.25) is 0 Å². The predicted molar refractivity (Wildman–Crippen MR) is 93.1 cm³/mol. The van der Waals surface area contributed by atoms with Crippen LogP contribution in [0.3, 0.4) is 0 Å². The molecule has 1 fully saturated rings. The lowest BCUT2D eigenvalue weighted by Gasteiger charge is -2.33. The lowest BCUT2D eigenvalue weighted by Crippen LogP contribution is -2.36. The van der Waals surface area contributed by atoms with Gasteiger partial charge in [-0.1, -0.05) is 17.3 Å². The van der Waals surface area contributed by atoms with Gasteiger partial charge in [-0.05, 0) is 37.1 Å². The van der Waals surface area contributed by atoms with E-state index in [9.17, 15) is 17.6 Å². The number of alkyl halides is 3. The molecule has 1 aliphatic heterocycles. The molecule has 5 nitrogen and oxygen atoms in total. The van der Waals surface area contributed by atoms with Gasteiger partial charge < -0.3 is 9.42 Å². The van der Waals surface area contributed by atoms with Crippen LogP contribution in [0.1, 0.15) is 30.2 Å². The van der Waals surface area contributed by atoms with Gasteiger partial charge >= 0.3 is 6.18 Å². The highest BCUT2D eigenvalue weighted by Crippen LogP contribution is 2.37. The topological polar surface area (TPSA) is 55.1 Å². The minimum absolute atomic E-state index is 0.0930. The molecule has 3 aromatic rings. The smallest absolute Gasteiger partial charge is 0.355 e. The second-order valence-electron chi connectivity index (χ2n) is 6.62. The van der Waals surface area contributed by atoms with E-state index in [1.54, 1.807) is 17.0 Å². The number of aromatic nitrogens is 3. The largest absolute Gasteiger partial charge is 0.419 e. The average Bonchev–Trinajstić information content (AvgIpc) is 3.18. The Morgan fingerprint density at radius 3 is 2.79 bits per heavy atom. The molecule has 1 aliphatic rings. The summed E-state index contributed by atoms with van der Waals surface area (Å²) in [5.41, 5.74) is -0.284. The van der Waals surface area contributed by atoms with Gasteiger partial charge in [-0.2, -0.15) is 18.2 Å². The van der Waals surface area contributed by atoms with E-state index >= 15 is 0 Å². The number of piperidine rings is 1. The number of hydrogen-bond donors (Lipinski definition) is 0. The summed E-state index contributed by atoms with van der Waals surface area (Å²) < 4.78 is 58.6. The Hall–Kier alpha value is -2.97. The molecule has 0 aliphatic carbocycles. The first-order valence-corrected chi connectivity index (χ1v) is 8.78. The Morgan fingerprint density at radius 1 is 1.14 bits per heavy atom. The van der Waals surface area contributed by atoms with Gasteiger partial charge in [0.2, 0.25) is 11.7 Å². The molecule has 4 rings (SSSR count). The lowest BCUT2D eigenvalue weighted by atomic mass is 9.97. The van der Waals surface area contributed by atoms with Gasteiger partial charge in [0.15, 0.2) is 0 Å². The molecule has 28 heavy (non-hydrogen) atoms. The number of anilines is 1. The molecule has 0 N–H and O–H groups in total. The van der Waals surface area contributed by atoms with Crippen molar-refractivity contribution in [1.29, 1.82) is 0 Å². The molecular weight excluding hydrogens is 376 g/mol. The van der Waals surface area contributed by atoms with Crippen LogP contribution in [0.15, 0.2) is 47.1 Å². The van der Waals surface area contributed by atoms with Gasteiger partial charge in [0.1, 0.15) is 11.6 Å². The Labute approximate surface area is 158 Å². The molecular formula is C19H16F4N4O. The molecule has 0 amide bonds. The van der Waals surface area contributed by atoms with Crippen molar-refractivity contribution in [3.05, 3.63) is 59.9 Å². The fraction of sp³-hybridized carbons (Fsp3) is 0.316. The van der Waals surface area contributed by atoms with Gasteiger partial charge in [-0.15, -0.1) is 0 Å². The zero-order valence-corrected chi connectivity index (χ0v) is 14.7. The van der Waals surface area contributed by atoms with Crippen LogP contribution in [0.25, 0.3) is 11.4 Å². The second kappa shape index (κ2) is 7.21. The molecule has 0 bridgehead atoms. The van der Waals surface area contributed by atoms with Crippen molar-refractivity contribution in [3.8, 4) is 11.4 Å².